The Balaban J connectivity index is 4.49. The van der Waals surface area contributed by atoms with Gasteiger partial charge in [-0.1, -0.05) is 146 Å². The second kappa shape index (κ2) is 40.9. The molecule has 0 aliphatic heterocycles. The summed E-state index contributed by atoms with van der Waals surface area (Å²) in [6.07, 6.45) is 48.0. The number of esters is 3. The standard InChI is InChI=1S/C46H78O6/c1-4-7-10-13-16-19-21-23-25-27-30-33-36-39-45(48)51-42-43(41-50-44(47)38-35-32-29-26-18-15-12-9-6-3)52-46(49)40-37-34-31-28-24-22-20-17-14-11-8-5-2/h9,12,17-18,20,23,25-26,30,33,43H,4-8,10-11,13-16,19,21-22,24,27-29,31-32,34-42H2,1-3H3/b12-9-,20-17-,25-23-,26-18-,33-30-. The second-order valence-electron chi connectivity index (χ2n) is 13.9. The molecule has 0 heterocycles. The topological polar surface area (TPSA) is 78.9 Å². The lowest BCUT2D eigenvalue weighted by molar-refractivity contribution is -0.166. The molecule has 0 saturated heterocycles. The van der Waals surface area contributed by atoms with E-state index in [4.69, 9.17) is 14.2 Å². The summed E-state index contributed by atoms with van der Waals surface area (Å²) in [5.41, 5.74) is 0. The van der Waals surface area contributed by atoms with Crippen LogP contribution in [0.4, 0.5) is 0 Å². The summed E-state index contributed by atoms with van der Waals surface area (Å²) in [6.45, 7) is 6.36. The summed E-state index contributed by atoms with van der Waals surface area (Å²) in [7, 11) is 0. The highest BCUT2D eigenvalue weighted by atomic mass is 16.6. The molecule has 0 aromatic heterocycles. The van der Waals surface area contributed by atoms with Crippen molar-refractivity contribution in [1.82, 2.24) is 0 Å². The molecule has 0 spiro atoms. The van der Waals surface area contributed by atoms with Crippen molar-refractivity contribution in [2.24, 2.45) is 0 Å². The normalized spacial score (nSPS) is 12.6. The molecule has 6 heteroatoms. The van der Waals surface area contributed by atoms with Gasteiger partial charge in [0.05, 0.1) is 0 Å². The van der Waals surface area contributed by atoms with Crippen LogP contribution in [0.5, 0.6) is 0 Å². The van der Waals surface area contributed by atoms with Crippen LogP contribution in [0.25, 0.3) is 0 Å². The summed E-state index contributed by atoms with van der Waals surface area (Å²) in [6, 6.07) is 0. The average molecular weight is 727 g/mol. The van der Waals surface area contributed by atoms with Gasteiger partial charge in [0.15, 0.2) is 6.10 Å². The maximum Gasteiger partial charge on any atom is 0.306 e. The molecule has 0 radical (unpaired) electrons. The Hall–Kier alpha value is -2.89. The second-order valence-corrected chi connectivity index (χ2v) is 13.9. The Morgan fingerprint density at radius 3 is 1.37 bits per heavy atom. The molecule has 0 fully saturated rings. The molecule has 0 aliphatic carbocycles. The van der Waals surface area contributed by atoms with Gasteiger partial charge in [-0.25, -0.2) is 0 Å². The summed E-state index contributed by atoms with van der Waals surface area (Å²) in [5.74, 6) is -1.03. The molecule has 298 valence electrons. The zero-order valence-electron chi connectivity index (χ0n) is 33.8. The first kappa shape index (κ1) is 49.1. The van der Waals surface area contributed by atoms with Crippen LogP contribution >= 0.6 is 0 Å². The van der Waals surface area contributed by atoms with Crippen molar-refractivity contribution >= 4 is 17.9 Å². The minimum absolute atomic E-state index is 0.113. The highest BCUT2D eigenvalue weighted by molar-refractivity contribution is 5.71. The Bertz CT molecular complexity index is 975. The number of unbranched alkanes of at least 4 members (excludes halogenated alkanes) is 16. The van der Waals surface area contributed by atoms with Gasteiger partial charge < -0.3 is 14.2 Å². The Morgan fingerprint density at radius 2 is 0.788 bits per heavy atom. The van der Waals surface area contributed by atoms with Gasteiger partial charge in [-0.15, -0.1) is 0 Å². The van der Waals surface area contributed by atoms with Gasteiger partial charge in [-0.05, 0) is 89.9 Å². The van der Waals surface area contributed by atoms with Gasteiger partial charge >= 0.3 is 17.9 Å². The van der Waals surface area contributed by atoms with Crippen LogP contribution in [0.3, 0.4) is 0 Å². The molecule has 0 N–H and O–H groups in total. The Labute approximate surface area is 320 Å². The van der Waals surface area contributed by atoms with E-state index in [1.54, 1.807) is 0 Å². The van der Waals surface area contributed by atoms with Gasteiger partial charge in [0, 0.05) is 19.3 Å². The first-order valence-corrected chi connectivity index (χ1v) is 21.3. The van der Waals surface area contributed by atoms with Crippen molar-refractivity contribution in [3.05, 3.63) is 60.8 Å². The number of hydrogen-bond acceptors (Lipinski definition) is 6. The van der Waals surface area contributed by atoms with Crippen molar-refractivity contribution in [3.8, 4) is 0 Å². The zero-order chi connectivity index (χ0) is 38.0. The number of carbonyl (C=O) groups excluding carboxylic acids is 3. The van der Waals surface area contributed by atoms with E-state index < -0.39 is 6.10 Å². The number of rotatable bonds is 37. The van der Waals surface area contributed by atoms with Gasteiger partial charge in [0.1, 0.15) is 13.2 Å². The van der Waals surface area contributed by atoms with Crippen molar-refractivity contribution in [3.63, 3.8) is 0 Å². The van der Waals surface area contributed by atoms with Crippen LogP contribution in [0.15, 0.2) is 60.8 Å². The van der Waals surface area contributed by atoms with Crippen LogP contribution in [0.1, 0.15) is 194 Å². The molecular weight excluding hydrogens is 649 g/mol. The third-order valence-electron chi connectivity index (χ3n) is 8.74. The monoisotopic (exact) mass is 727 g/mol. The van der Waals surface area contributed by atoms with E-state index in [1.165, 1.54) is 70.6 Å². The largest absolute Gasteiger partial charge is 0.462 e. The quantitative estimate of drug-likeness (QED) is 0.0274. The average Bonchev–Trinajstić information content (AvgIpc) is 3.14. The summed E-state index contributed by atoms with van der Waals surface area (Å²) < 4.78 is 16.5. The highest BCUT2D eigenvalue weighted by Crippen LogP contribution is 2.12. The number of hydrogen-bond donors (Lipinski definition) is 0. The van der Waals surface area contributed by atoms with Gasteiger partial charge in [0.2, 0.25) is 0 Å². The molecule has 1 atom stereocenters. The third kappa shape index (κ3) is 38.3. The molecule has 0 bridgehead atoms. The van der Waals surface area contributed by atoms with Gasteiger partial charge in [0.25, 0.3) is 0 Å². The van der Waals surface area contributed by atoms with Crippen LogP contribution < -0.4 is 0 Å². The maximum absolute atomic E-state index is 12.7. The van der Waals surface area contributed by atoms with Crippen LogP contribution in [-0.4, -0.2) is 37.2 Å². The van der Waals surface area contributed by atoms with Crippen molar-refractivity contribution < 1.29 is 28.6 Å². The molecule has 0 amide bonds. The van der Waals surface area contributed by atoms with Gasteiger partial charge in [-0.2, -0.15) is 0 Å². The molecule has 0 rings (SSSR count). The first-order chi connectivity index (χ1) is 25.5. The number of allylic oxidation sites excluding steroid dienone is 10. The van der Waals surface area contributed by atoms with Crippen LogP contribution in [0, 0.1) is 0 Å². The highest BCUT2D eigenvalue weighted by Gasteiger charge is 2.19. The summed E-state index contributed by atoms with van der Waals surface area (Å²) >= 11 is 0. The Morgan fingerprint density at radius 1 is 0.404 bits per heavy atom. The minimum Gasteiger partial charge on any atom is -0.462 e. The molecule has 0 saturated carbocycles. The number of ether oxygens (including phenoxy) is 3. The SMILES string of the molecule is CC/C=C\C/C=C\CCCCC(=O)OCC(COC(=O)CC/C=C\C/C=C\CCCCCCCC)OC(=O)CCCCCCC/C=C\CCCCC. The molecule has 0 aromatic carbocycles. The van der Waals surface area contributed by atoms with E-state index in [0.717, 1.165) is 77.0 Å². The smallest absolute Gasteiger partial charge is 0.306 e. The van der Waals surface area contributed by atoms with Crippen LogP contribution in [0.2, 0.25) is 0 Å². The van der Waals surface area contributed by atoms with E-state index in [1.807, 2.05) is 6.08 Å². The van der Waals surface area contributed by atoms with E-state index in [2.05, 4.69) is 75.5 Å². The lowest BCUT2D eigenvalue weighted by atomic mass is 10.1. The Kier molecular flexibility index (Phi) is 38.6. The maximum atomic E-state index is 12.7. The first-order valence-electron chi connectivity index (χ1n) is 21.3. The number of carbonyl (C=O) groups is 3. The van der Waals surface area contributed by atoms with Crippen molar-refractivity contribution in [2.45, 2.75) is 200 Å². The fraction of sp³-hybridized carbons (Fsp3) is 0.717. The summed E-state index contributed by atoms with van der Waals surface area (Å²) in [5, 5.41) is 0. The van der Waals surface area contributed by atoms with Gasteiger partial charge in [-0.3, -0.25) is 14.4 Å². The predicted octanol–water partition coefficient (Wildman–Crippen LogP) is 13.4. The summed E-state index contributed by atoms with van der Waals surface area (Å²) in [4.78, 5) is 37.5. The van der Waals surface area contributed by atoms with E-state index in [-0.39, 0.29) is 37.5 Å². The fourth-order valence-corrected chi connectivity index (χ4v) is 5.52. The van der Waals surface area contributed by atoms with E-state index >= 15 is 0 Å². The lowest BCUT2D eigenvalue weighted by Crippen LogP contribution is -2.30. The fourth-order valence-electron chi connectivity index (χ4n) is 5.52. The lowest BCUT2D eigenvalue weighted by Gasteiger charge is -2.18. The van der Waals surface area contributed by atoms with E-state index in [0.29, 0.717) is 19.3 Å². The molecule has 1 unspecified atom stereocenters. The predicted molar refractivity (Wildman–Crippen MR) is 219 cm³/mol. The third-order valence-corrected chi connectivity index (χ3v) is 8.74. The molecule has 0 aromatic rings. The van der Waals surface area contributed by atoms with E-state index in [9.17, 15) is 14.4 Å². The molecular formula is C46H78O6. The zero-order valence-corrected chi connectivity index (χ0v) is 33.8. The van der Waals surface area contributed by atoms with Crippen LogP contribution in [-0.2, 0) is 28.6 Å². The molecule has 0 aliphatic rings. The molecule has 6 nitrogen and oxygen atoms in total. The van der Waals surface area contributed by atoms with Crippen molar-refractivity contribution in [1.29, 1.82) is 0 Å². The minimum atomic E-state index is -0.809. The van der Waals surface area contributed by atoms with Crippen molar-refractivity contribution in [2.75, 3.05) is 13.2 Å². The molecule has 52 heavy (non-hydrogen) atoms.